The van der Waals surface area contributed by atoms with Gasteiger partial charge in [-0.3, -0.25) is 9.59 Å². The van der Waals surface area contributed by atoms with Gasteiger partial charge in [-0.1, -0.05) is 59.1 Å². The number of piperazine rings is 1. The fourth-order valence-electron chi connectivity index (χ4n) is 7.33. The lowest BCUT2D eigenvalue weighted by Crippen LogP contribution is -2.63. The van der Waals surface area contributed by atoms with Crippen LogP contribution in [0.5, 0.6) is 11.5 Å². The zero-order valence-electron chi connectivity index (χ0n) is 33.0. The number of carbonyl (C=O) groups excluding carboxylic acids is 3. The van der Waals surface area contributed by atoms with Crippen molar-refractivity contribution in [3.63, 3.8) is 0 Å². The van der Waals surface area contributed by atoms with Gasteiger partial charge in [0.05, 0.1) is 21.5 Å². The Kier molecular flexibility index (Phi) is 14.0. The van der Waals surface area contributed by atoms with Crippen molar-refractivity contribution in [2.75, 3.05) is 46.6 Å². The first-order valence-corrected chi connectivity index (χ1v) is 20.6. The molecule has 2 bridgehead atoms. The van der Waals surface area contributed by atoms with Crippen molar-refractivity contribution in [3.8, 4) is 11.5 Å². The molecule has 4 amide bonds. The zero-order valence-corrected chi connectivity index (χ0v) is 35.2. The van der Waals surface area contributed by atoms with Gasteiger partial charge in [-0.2, -0.15) is 0 Å². The minimum Gasteiger partial charge on any atom is -0.490 e. The molecule has 3 aromatic rings. The lowest BCUT2D eigenvalue weighted by atomic mass is 9.83. The van der Waals surface area contributed by atoms with Crippen LogP contribution in [0.4, 0.5) is 4.79 Å². The SMILES string of the molecule is COCCCc1ccc(Cl)c(CN(C(=O)C2=C(c3ccc(OCCOc4c(Cl)cc(C)cc4Cl)cc3)C[C@@H]3CN(C(=O)NCC(C)(C)C(N)=O)C[C@H]2N3)C2CC2)c1. The third kappa shape index (κ3) is 10.7. The maximum absolute atomic E-state index is 15.0. The topological polar surface area (TPSA) is 135 Å². The Hall–Kier alpha value is -4.00. The molecular formula is C43H52Cl3N5O6. The molecule has 2 aliphatic heterocycles. The normalized spacial score (nSPS) is 18.0. The molecular weight excluding hydrogens is 789 g/mol. The van der Waals surface area contributed by atoms with Gasteiger partial charge in [-0.15, -0.1) is 0 Å². The van der Waals surface area contributed by atoms with Gasteiger partial charge in [0.15, 0.2) is 5.75 Å². The van der Waals surface area contributed by atoms with E-state index in [-0.39, 0.29) is 50.3 Å². The first kappa shape index (κ1) is 42.6. The summed E-state index contributed by atoms with van der Waals surface area (Å²) in [5.41, 5.74) is 10.1. The monoisotopic (exact) mass is 839 g/mol. The van der Waals surface area contributed by atoms with E-state index in [1.54, 1.807) is 38.0 Å². The second-order valence-electron chi connectivity index (χ2n) is 15.8. The molecule has 2 fully saturated rings. The summed E-state index contributed by atoms with van der Waals surface area (Å²) in [4.78, 5) is 44.2. The summed E-state index contributed by atoms with van der Waals surface area (Å²) in [6.45, 7) is 7.64. The fourth-order valence-corrected chi connectivity index (χ4v) is 8.21. The largest absolute Gasteiger partial charge is 0.490 e. The molecule has 57 heavy (non-hydrogen) atoms. The first-order chi connectivity index (χ1) is 27.2. The van der Waals surface area contributed by atoms with Gasteiger partial charge in [-0.05, 0) is 111 Å². The predicted octanol–water partition coefficient (Wildman–Crippen LogP) is 7.20. The average molecular weight is 841 g/mol. The van der Waals surface area contributed by atoms with Crippen molar-refractivity contribution in [2.45, 2.75) is 77.5 Å². The van der Waals surface area contributed by atoms with E-state index < -0.39 is 17.4 Å². The zero-order chi connectivity index (χ0) is 40.9. The van der Waals surface area contributed by atoms with Gasteiger partial charge < -0.3 is 40.4 Å². The molecule has 0 aromatic heterocycles. The number of primary amides is 1. The summed E-state index contributed by atoms with van der Waals surface area (Å²) in [6.07, 6.45) is 4.06. The number of nitrogens with one attached hydrogen (secondary N) is 2. The molecule has 14 heteroatoms. The van der Waals surface area contributed by atoms with E-state index in [4.69, 9.17) is 54.7 Å². The number of amides is 4. The van der Waals surface area contributed by atoms with E-state index in [1.165, 1.54) is 0 Å². The van der Waals surface area contributed by atoms with Crippen molar-refractivity contribution in [2.24, 2.45) is 11.1 Å². The smallest absolute Gasteiger partial charge is 0.317 e. The quantitative estimate of drug-likeness (QED) is 0.122. The van der Waals surface area contributed by atoms with Crippen molar-refractivity contribution >= 4 is 58.2 Å². The Morgan fingerprint density at radius 2 is 1.65 bits per heavy atom. The van der Waals surface area contributed by atoms with Gasteiger partial charge >= 0.3 is 6.03 Å². The highest BCUT2D eigenvalue weighted by molar-refractivity contribution is 6.37. The van der Waals surface area contributed by atoms with Crippen LogP contribution in [0.25, 0.3) is 5.57 Å². The summed E-state index contributed by atoms with van der Waals surface area (Å²) in [7, 11) is 1.70. The first-order valence-electron chi connectivity index (χ1n) is 19.4. The van der Waals surface area contributed by atoms with Crippen molar-refractivity contribution < 1.29 is 28.6 Å². The number of carbonyl (C=O) groups is 3. The van der Waals surface area contributed by atoms with Crippen molar-refractivity contribution in [1.82, 2.24) is 20.4 Å². The number of hydrogen-bond acceptors (Lipinski definition) is 7. The predicted molar refractivity (Wildman–Crippen MR) is 224 cm³/mol. The Morgan fingerprint density at radius 1 is 0.947 bits per heavy atom. The van der Waals surface area contributed by atoms with E-state index in [0.29, 0.717) is 58.3 Å². The lowest BCUT2D eigenvalue weighted by molar-refractivity contribution is -0.129. The van der Waals surface area contributed by atoms with Gasteiger partial charge in [0, 0.05) is 62.6 Å². The number of fused-ring (bicyclic) bond motifs is 2. The Bertz CT molecular complexity index is 1960. The number of benzene rings is 3. The molecule has 0 radical (unpaired) electrons. The van der Waals surface area contributed by atoms with Gasteiger partial charge in [0.2, 0.25) is 5.91 Å². The molecule has 0 unspecified atom stereocenters. The molecule has 11 nitrogen and oxygen atoms in total. The van der Waals surface area contributed by atoms with Gasteiger partial charge in [-0.25, -0.2) is 4.79 Å². The number of aryl methyl sites for hydroxylation is 2. The van der Waals surface area contributed by atoms with E-state index in [2.05, 4.69) is 16.7 Å². The molecule has 1 saturated carbocycles. The Morgan fingerprint density at radius 3 is 2.32 bits per heavy atom. The van der Waals surface area contributed by atoms with E-state index in [9.17, 15) is 9.59 Å². The lowest BCUT2D eigenvalue weighted by Gasteiger charge is -2.45. The summed E-state index contributed by atoms with van der Waals surface area (Å²) < 4.78 is 17.1. The number of ether oxygens (including phenoxy) is 3. The number of nitrogens with two attached hydrogens (primary N) is 1. The number of rotatable bonds is 17. The Labute approximate surface area is 350 Å². The average Bonchev–Trinajstić information content (AvgIpc) is 4.02. The van der Waals surface area contributed by atoms with Gasteiger partial charge in [0.25, 0.3) is 5.91 Å². The second-order valence-corrected chi connectivity index (χ2v) is 17.0. The fraction of sp³-hybridized carbons (Fsp3) is 0.465. The number of halogens is 3. The van der Waals surface area contributed by atoms with Crippen LogP contribution in [0.2, 0.25) is 15.1 Å². The molecule has 306 valence electrons. The van der Waals surface area contributed by atoms with Crippen LogP contribution in [0.3, 0.4) is 0 Å². The highest BCUT2D eigenvalue weighted by Crippen LogP contribution is 2.39. The van der Waals surface area contributed by atoms with Crippen molar-refractivity contribution in [1.29, 1.82) is 0 Å². The van der Waals surface area contributed by atoms with Crippen LogP contribution >= 0.6 is 34.8 Å². The minimum atomic E-state index is -0.910. The number of methoxy groups -OCH3 is 1. The Balaban J connectivity index is 1.24. The molecule has 6 rings (SSSR count). The van der Waals surface area contributed by atoms with Crippen LogP contribution in [0.1, 0.15) is 61.8 Å². The standard InChI is InChI=1S/C43H52Cl3N5O6/c1-26-18-35(45)39(36(46)19-26)57-17-16-56-32-12-8-28(9-13-32)33-21-30-23-50(42(54)48-25-43(2,3)41(47)53)24-37(49-30)38(33)40(52)51(31-10-11-31)22-29-20-27(6-5-15-55-4)7-14-34(29)44/h7-9,12-14,18-20,30-31,37,49H,5-6,10-11,15-17,21-25H2,1-4H3,(H2,47,53)(H,48,54)/t30-,37-/m1/s1. The van der Waals surface area contributed by atoms with Gasteiger partial charge in [0.1, 0.15) is 19.0 Å². The highest BCUT2D eigenvalue weighted by Gasteiger charge is 2.43. The van der Waals surface area contributed by atoms with Crippen LogP contribution < -0.4 is 25.8 Å². The third-order valence-electron chi connectivity index (χ3n) is 10.7. The number of hydrogen-bond donors (Lipinski definition) is 3. The molecule has 3 aromatic carbocycles. The van der Waals surface area contributed by atoms with E-state index >= 15 is 4.79 Å². The maximum Gasteiger partial charge on any atom is 0.317 e. The summed E-state index contributed by atoms with van der Waals surface area (Å²) in [6, 6.07) is 16.6. The van der Waals surface area contributed by atoms with Crippen LogP contribution in [-0.2, 0) is 27.3 Å². The summed E-state index contributed by atoms with van der Waals surface area (Å²) in [5.74, 6) is 0.495. The molecule has 0 spiro atoms. The summed E-state index contributed by atoms with van der Waals surface area (Å²) >= 11 is 19.4. The number of urea groups is 1. The summed E-state index contributed by atoms with van der Waals surface area (Å²) in [5, 5.41) is 8.06. The third-order valence-corrected chi connectivity index (χ3v) is 11.7. The molecule has 2 heterocycles. The van der Waals surface area contributed by atoms with Crippen LogP contribution in [0.15, 0.2) is 60.2 Å². The van der Waals surface area contributed by atoms with Crippen LogP contribution in [0, 0.1) is 12.3 Å². The second kappa shape index (κ2) is 18.7. The van der Waals surface area contributed by atoms with Crippen LogP contribution in [-0.4, -0.2) is 92.3 Å². The minimum absolute atomic E-state index is 0.0766. The number of nitrogens with zero attached hydrogens (tertiary/aromatic N) is 2. The maximum atomic E-state index is 15.0. The van der Waals surface area contributed by atoms with E-state index in [0.717, 1.165) is 53.5 Å². The highest BCUT2D eigenvalue weighted by atomic mass is 35.5. The van der Waals surface area contributed by atoms with E-state index in [1.807, 2.05) is 48.2 Å². The molecule has 4 N–H and O–H groups in total. The molecule has 3 aliphatic rings. The molecule has 1 aliphatic carbocycles. The molecule has 1 saturated heterocycles. The molecule has 2 atom stereocenters. The van der Waals surface area contributed by atoms with Crippen molar-refractivity contribution in [3.05, 3.63) is 97.5 Å².